The molecular formula is C50H60N8O8. The number of fused-ring (bicyclic) bond motifs is 1. The zero-order valence-electron chi connectivity index (χ0n) is 38.1. The number of rotatable bonds is 11. The number of nitrogens with one attached hydrogen (secondary N) is 4. The van der Waals surface area contributed by atoms with Crippen LogP contribution in [0.3, 0.4) is 0 Å². The third-order valence-corrected chi connectivity index (χ3v) is 14.0. The fraction of sp³-hybridized carbons (Fsp3) is 0.480. The maximum absolute atomic E-state index is 14.2. The first kappa shape index (κ1) is 44.9. The summed E-state index contributed by atoms with van der Waals surface area (Å²) in [7, 11) is 2.62. The molecule has 16 nitrogen and oxygen atoms in total. The third kappa shape index (κ3) is 9.52. The number of H-pyrrole nitrogens is 2. The van der Waals surface area contributed by atoms with Gasteiger partial charge in [-0.3, -0.25) is 9.59 Å². The largest absolute Gasteiger partial charge is 0.453 e. The smallest absolute Gasteiger partial charge is 0.407 e. The summed E-state index contributed by atoms with van der Waals surface area (Å²) < 4.78 is 20.9. The van der Waals surface area contributed by atoms with E-state index < -0.39 is 24.3 Å². The number of likely N-dealkylation sites (tertiary alicyclic amines) is 2. The Kier molecular flexibility index (Phi) is 13.4. The maximum atomic E-state index is 14.2. The van der Waals surface area contributed by atoms with Crippen LogP contribution < -0.4 is 10.6 Å². The first-order valence-corrected chi connectivity index (χ1v) is 23.3. The third-order valence-electron chi connectivity index (χ3n) is 14.0. The molecule has 5 aromatic rings. The van der Waals surface area contributed by atoms with Crippen LogP contribution in [0.25, 0.3) is 44.4 Å². The average molecular weight is 901 g/mol. The van der Waals surface area contributed by atoms with Crippen LogP contribution in [0.2, 0.25) is 0 Å². The van der Waals surface area contributed by atoms with Gasteiger partial charge in [0.2, 0.25) is 11.8 Å². The Hall–Kier alpha value is -6.26. The van der Waals surface area contributed by atoms with Crippen molar-refractivity contribution in [3.8, 4) is 33.6 Å². The Labute approximate surface area is 384 Å². The lowest BCUT2D eigenvalue weighted by atomic mass is 9.90. The summed E-state index contributed by atoms with van der Waals surface area (Å²) in [6.45, 7) is 7.65. The number of benzene rings is 3. The van der Waals surface area contributed by atoms with Crippen LogP contribution in [-0.2, 0) is 28.5 Å². The second-order valence-corrected chi connectivity index (χ2v) is 18.5. The number of aromatic nitrogens is 4. The lowest BCUT2D eigenvalue weighted by molar-refractivity contribution is -0.137. The number of hydrogen-bond donors (Lipinski definition) is 4. The van der Waals surface area contributed by atoms with E-state index in [-0.39, 0.29) is 47.6 Å². The van der Waals surface area contributed by atoms with E-state index in [1.54, 1.807) is 0 Å². The summed E-state index contributed by atoms with van der Waals surface area (Å²) in [6.07, 6.45) is 6.71. The topological polar surface area (TPSA) is 193 Å². The number of hydrogen-bond acceptors (Lipinski definition) is 10. The molecule has 4 aliphatic heterocycles. The number of amides is 4. The minimum Gasteiger partial charge on any atom is -0.453 e. The minimum absolute atomic E-state index is 0.0378. The van der Waals surface area contributed by atoms with E-state index in [0.29, 0.717) is 65.2 Å². The Morgan fingerprint density at radius 2 is 1.02 bits per heavy atom. The van der Waals surface area contributed by atoms with Gasteiger partial charge < -0.3 is 49.3 Å². The predicted molar refractivity (Wildman–Crippen MR) is 247 cm³/mol. The van der Waals surface area contributed by atoms with Gasteiger partial charge in [-0.1, -0.05) is 62.4 Å². The second-order valence-electron chi connectivity index (χ2n) is 18.5. The molecule has 4 N–H and O–H groups in total. The number of carbonyl (C=O) groups is 4. The van der Waals surface area contributed by atoms with E-state index in [1.807, 2.05) is 22.2 Å². The van der Waals surface area contributed by atoms with Gasteiger partial charge in [0.15, 0.2) is 0 Å². The highest BCUT2D eigenvalue weighted by molar-refractivity contribution is 5.91. The van der Waals surface area contributed by atoms with Gasteiger partial charge in [0.1, 0.15) is 23.7 Å². The molecule has 4 fully saturated rings. The summed E-state index contributed by atoms with van der Waals surface area (Å²) in [5.41, 5.74) is 5.87. The van der Waals surface area contributed by atoms with Crippen molar-refractivity contribution in [3.63, 3.8) is 0 Å². The quantitative estimate of drug-likeness (QED) is 0.104. The first-order valence-electron chi connectivity index (χ1n) is 23.3. The summed E-state index contributed by atoms with van der Waals surface area (Å²) >= 11 is 0. The molecule has 6 heterocycles. The van der Waals surface area contributed by atoms with Crippen molar-refractivity contribution in [3.05, 3.63) is 84.7 Å². The Morgan fingerprint density at radius 3 is 1.48 bits per heavy atom. The van der Waals surface area contributed by atoms with Gasteiger partial charge in [-0.15, -0.1) is 0 Å². The number of alkyl carbamates (subject to hydrolysis) is 2. The highest BCUT2D eigenvalue weighted by atomic mass is 16.5. The molecule has 4 aliphatic rings. The predicted octanol–water partition coefficient (Wildman–Crippen LogP) is 7.41. The molecule has 0 bridgehead atoms. The molecule has 0 radical (unpaired) electrons. The monoisotopic (exact) mass is 900 g/mol. The first-order chi connectivity index (χ1) is 32.1. The van der Waals surface area contributed by atoms with Crippen LogP contribution in [0.5, 0.6) is 0 Å². The number of nitrogens with zero attached hydrogens (tertiary/aromatic N) is 4. The van der Waals surface area contributed by atoms with Gasteiger partial charge in [0.25, 0.3) is 0 Å². The van der Waals surface area contributed by atoms with Crippen molar-refractivity contribution < 1.29 is 38.1 Å². The molecule has 4 saturated heterocycles. The van der Waals surface area contributed by atoms with Crippen LogP contribution in [0, 0.1) is 23.7 Å². The fourth-order valence-electron chi connectivity index (χ4n) is 10.4. The minimum atomic E-state index is -0.699. The molecule has 9 rings (SSSR count). The molecule has 16 heteroatoms. The average Bonchev–Trinajstić information content (AvgIpc) is 4.19. The summed E-state index contributed by atoms with van der Waals surface area (Å²) in [4.78, 5) is 73.4. The summed E-state index contributed by atoms with van der Waals surface area (Å²) in [5, 5.41) is 7.85. The zero-order chi connectivity index (χ0) is 45.9. The number of carbonyl (C=O) groups excluding carboxylic acids is 4. The molecular weight excluding hydrogens is 841 g/mol. The Morgan fingerprint density at radius 1 is 0.606 bits per heavy atom. The summed E-state index contributed by atoms with van der Waals surface area (Å²) in [5.74, 6) is 1.68. The molecule has 0 aliphatic carbocycles. The van der Waals surface area contributed by atoms with Gasteiger partial charge in [-0.25, -0.2) is 19.6 Å². The highest BCUT2D eigenvalue weighted by Gasteiger charge is 2.44. The Bertz CT molecular complexity index is 2530. The lowest BCUT2D eigenvalue weighted by Crippen LogP contribution is -2.53. The number of imidazole rings is 2. The standard InChI is InChI=1S/C50H60N8O8/c1-29-21-41(57(27-29)47(59)43(55-49(61)63-3)33-13-17-65-18-14-33)45-51-25-39(53-45)32-7-5-31(6-8-32)35-9-10-37-24-38(12-11-36(37)23-35)40-26-52-46(54-40)42-22-30(2)28-58(42)48(60)44(56-50(62)64-4)34-15-19-66-20-16-34/h5-12,23-26,29-30,33-34,41-44H,13-22,27-28H2,1-4H3,(H,51,53)(H,52,54)(H,55,61)(H,56,62)/t29-,30-,41-,42-,43?,44?/m0/s1. The van der Waals surface area contributed by atoms with E-state index in [4.69, 9.17) is 28.9 Å². The van der Waals surface area contributed by atoms with E-state index in [2.05, 4.69) is 95.1 Å². The zero-order valence-corrected chi connectivity index (χ0v) is 38.1. The molecule has 2 aromatic heterocycles. The number of aromatic amines is 2. The lowest BCUT2D eigenvalue weighted by Gasteiger charge is -2.34. The normalized spacial score (nSPS) is 22.5. The number of ether oxygens (including phenoxy) is 4. The van der Waals surface area contributed by atoms with Crippen LogP contribution in [-0.4, -0.2) is 120 Å². The second kappa shape index (κ2) is 19.7. The van der Waals surface area contributed by atoms with E-state index in [1.165, 1.54) is 14.2 Å². The maximum Gasteiger partial charge on any atom is 0.407 e. The fourth-order valence-corrected chi connectivity index (χ4v) is 10.4. The van der Waals surface area contributed by atoms with Gasteiger partial charge in [0, 0.05) is 45.1 Å². The molecule has 4 amide bonds. The molecule has 348 valence electrons. The van der Waals surface area contributed by atoms with Crippen LogP contribution >= 0.6 is 0 Å². The van der Waals surface area contributed by atoms with Gasteiger partial charge in [0.05, 0.1) is 50.1 Å². The molecule has 2 unspecified atom stereocenters. The van der Waals surface area contributed by atoms with Crippen molar-refractivity contribution in [1.82, 2.24) is 40.4 Å². The van der Waals surface area contributed by atoms with Crippen molar-refractivity contribution >= 4 is 34.8 Å². The van der Waals surface area contributed by atoms with E-state index in [0.717, 1.165) is 68.9 Å². The molecule has 0 spiro atoms. The Balaban J connectivity index is 0.875. The number of methoxy groups -OCH3 is 2. The van der Waals surface area contributed by atoms with Crippen molar-refractivity contribution in [2.24, 2.45) is 23.7 Å². The van der Waals surface area contributed by atoms with E-state index >= 15 is 0 Å². The van der Waals surface area contributed by atoms with Crippen LogP contribution in [0.1, 0.15) is 76.1 Å². The van der Waals surface area contributed by atoms with E-state index in [9.17, 15) is 19.2 Å². The molecule has 0 saturated carbocycles. The van der Waals surface area contributed by atoms with Gasteiger partial charge in [-0.2, -0.15) is 0 Å². The SMILES string of the molecule is COC(=O)NC(C(=O)N1C[C@@H](C)C[C@H]1c1ncc(-c2ccc(-c3ccc4cc(-c5cnc([C@@H]6C[C@H](C)CN6C(=O)C(NC(=O)OC)C6CCOCC6)[nH]5)ccc4c3)cc2)[nH]1)C1CCOCC1. The van der Waals surface area contributed by atoms with Crippen molar-refractivity contribution in [1.29, 1.82) is 0 Å². The van der Waals surface area contributed by atoms with Crippen LogP contribution in [0.4, 0.5) is 9.59 Å². The molecule has 6 atom stereocenters. The molecule has 66 heavy (non-hydrogen) atoms. The molecule has 3 aromatic carbocycles. The van der Waals surface area contributed by atoms with Gasteiger partial charge in [-0.05, 0) is 102 Å². The van der Waals surface area contributed by atoms with Crippen LogP contribution in [0.15, 0.2) is 73.1 Å². The van der Waals surface area contributed by atoms with Crippen molar-refractivity contribution in [2.45, 2.75) is 76.5 Å². The highest BCUT2D eigenvalue weighted by Crippen LogP contribution is 2.39. The summed E-state index contributed by atoms with van der Waals surface area (Å²) in [6, 6.07) is 19.3. The van der Waals surface area contributed by atoms with Crippen molar-refractivity contribution in [2.75, 3.05) is 53.7 Å². The van der Waals surface area contributed by atoms with Gasteiger partial charge >= 0.3 is 12.2 Å².